The summed E-state index contributed by atoms with van der Waals surface area (Å²) >= 11 is 12.0. The Morgan fingerprint density at radius 2 is 1.86 bits per heavy atom. The van der Waals surface area contributed by atoms with Gasteiger partial charge in [0.15, 0.2) is 0 Å². The van der Waals surface area contributed by atoms with Crippen LogP contribution < -0.4 is 5.32 Å². The van der Waals surface area contributed by atoms with Crippen LogP contribution in [-0.2, 0) is 17.8 Å². The number of benzene rings is 2. The zero-order valence-corrected chi connectivity index (χ0v) is 12.7. The molecule has 110 valence electrons. The SMILES string of the molecule is O=C(O)[C@@H](Cc1ccccc1)NCc1cc(Cl)ccc1Cl. The van der Waals surface area contributed by atoms with E-state index in [9.17, 15) is 9.90 Å². The molecule has 0 saturated heterocycles. The van der Waals surface area contributed by atoms with E-state index in [1.807, 2.05) is 30.3 Å². The lowest BCUT2D eigenvalue weighted by atomic mass is 10.1. The molecule has 2 aromatic carbocycles. The van der Waals surface area contributed by atoms with E-state index in [2.05, 4.69) is 5.32 Å². The van der Waals surface area contributed by atoms with Gasteiger partial charge in [-0.15, -0.1) is 0 Å². The van der Waals surface area contributed by atoms with Gasteiger partial charge in [-0.25, -0.2) is 0 Å². The summed E-state index contributed by atoms with van der Waals surface area (Å²) in [5, 5.41) is 13.5. The van der Waals surface area contributed by atoms with Crippen molar-refractivity contribution in [2.75, 3.05) is 0 Å². The summed E-state index contributed by atoms with van der Waals surface area (Å²) in [6.45, 7) is 0.350. The molecule has 0 aliphatic rings. The van der Waals surface area contributed by atoms with Crippen molar-refractivity contribution in [3.63, 3.8) is 0 Å². The van der Waals surface area contributed by atoms with Gasteiger partial charge in [0.05, 0.1) is 0 Å². The summed E-state index contributed by atoms with van der Waals surface area (Å²) in [5.74, 6) is -0.892. The highest BCUT2D eigenvalue weighted by Gasteiger charge is 2.17. The summed E-state index contributed by atoms with van der Waals surface area (Å²) in [6, 6.07) is 14.0. The second-order valence-corrected chi connectivity index (χ2v) is 5.54. The molecule has 1 atom stereocenters. The van der Waals surface area contributed by atoms with Crippen LogP contribution in [0.3, 0.4) is 0 Å². The number of hydrogen-bond acceptors (Lipinski definition) is 2. The predicted octanol–water partition coefficient (Wildman–Crippen LogP) is 3.78. The van der Waals surface area contributed by atoms with Crippen molar-refractivity contribution in [2.45, 2.75) is 19.0 Å². The second kappa shape index (κ2) is 7.46. The smallest absolute Gasteiger partial charge is 0.321 e. The van der Waals surface area contributed by atoms with Crippen molar-refractivity contribution < 1.29 is 9.90 Å². The highest BCUT2D eigenvalue weighted by molar-refractivity contribution is 6.33. The topological polar surface area (TPSA) is 49.3 Å². The predicted molar refractivity (Wildman–Crippen MR) is 84.9 cm³/mol. The molecular weight excluding hydrogens is 309 g/mol. The molecule has 0 bridgehead atoms. The monoisotopic (exact) mass is 323 g/mol. The fraction of sp³-hybridized carbons (Fsp3) is 0.188. The zero-order chi connectivity index (χ0) is 15.2. The first kappa shape index (κ1) is 15.8. The summed E-state index contributed by atoms with van der Waals surface area (Å²) in [7, 11) is 0. The fourth-order valence-corrected chi connectivity index (χ4v) is 2.39. The normalized spacial score (nSPS) is 12.1. The molecular formula is C16H15Cl2NO2. The third kappa shape index (κ3) is 4.74. The lowest BCUT2D eigenvalue weighted by molar-refractivity contribution is -0.139. The maximum Gasteiger partial charge on any atom is 0.321 e. The van der Waals surface area contributed by atoms with E-state index in [1.54, 1.807) is 18.2 Å². The maximum atomic E-state index is 11.4. The quantitative estimate of drug-likeness (QED) is 0.850. The first-order valence-electron chi connectivity index (χ1n) is 6.50. The Morgan fingerprint density at radius 3 is 2.52 bits per heavy atom. The van der Waals surface area contributed by atoms with Gasteiger partial charge >= 0.3 is 5.97 Å². The van der Waals surface area contributed by atoms with E-state index in [0.717, 1.165) is 11.1 Å². The van der Waals surface area contributed by atoms with E-state index in [-0.39, 0.29) is 0 Å². The Morgan fingerprint density at radius 1 is 1.14 bits per heavy atom. The van der Waals surface area contributed by atoms with Crippen LogP contribution in [0.2, 0.25) is 10.0 Å². The van der Waals surface area contributed by atoms with E-state index < -0.39 is 12.0 Å². The minimum atomic E-state index is -0.892. The lowest BCUT2D eigenvalue weighted by Gasteiger charge is -2.15. The fourth-order valence-electron chi connectivity index (χ4n) is 2.01. The Kier molecular flexibility index (Phi) is 5.62. The molecule has 0 amide bonds. The second-order valence-electron chi connectivity index (χ2n) is 4.70. The van der Waals surface area contributed by atoms with Crippen LogP contribution in [0.5, 0.6) is 0 Å². The van der Waals surface area contributed by atoms with Crippen LogP contribution in [0.4, 0.5) is 0 Å². The van der Waals surface area contributed by atoms with Crippen molar-refractivity contribution in [3.8, 4) is 0 Å². The van der Waals surface area contributed by atoms with Crippen molar-refractivity contribution >= 4 is 29.2 Å². The average Bonchev–Trinajstić information content (AvgIpc) is 2.47. The largest absolute Gasteiger partial charge is 0.480 e. The lowest BCUT2D eigenvalue weighted by Crippen LogP contribution is -2.38. The summed E-state index contributed by atoms with van der Waals surface area (Å²) in [6.07, 6.45) is 0.411. The molecule has 0 aliphatic heterocycles. The molecule has 0 unspecified atom stereocenters. The van der Waals surface area contributed by atoms with Crippen LogP contribution in [0.1, 0.15) is 11.1 Å². The van der Waals surface area contributed by atoms with Gasteiger partial charge in [-0.2, -0.15) is 0 Å². The van der Waals surface area contributed by atoms with Gasteiger partial charge in [0, 0.05) is 16.6 Å². The zero-order valence-electron chi connectivity index (χ0n) is 11.2. The molecule has 0 aliphatic carbocycles. The first-order valence-corrected chi connectivity index (χ1v) is 7.26. The highest BCUT2D eigenvalue weighted by atomic mass is 35.5. The van der Waals surface area contributed by atoms with Crippen LogP contribution in [0.25, 0.3) is 0 Å². The molecule has 0 radical (unpaired) electrons. The Labute approximate surface area is 133 Å². The van der Waals surface area contributed by atoms with Gasteiger partial charge in [0.2, 0.25) is 0 Å². The molecule has 0 heterocycles. The highest BCUT2D eigenvalue weighted by Crippen LogP contribution is 2.20. The maximum absolute atomic E-state index is 11.4. The first-order chi connectivity index (χ1) is 10.1. The van der Waals surface area contributed by atoms with Crippen LogP contribution in [0, 0.1) is 0 Å². The summed E-state index contributed by atoms with van der Waals surface area (Å²) in [5.41, 5.74) is 1.75. The van der Waals surface area contributed by atoms with Crippen LogP contribution >= 0.6 is 23.2 Å². The molecule has 2 rings (SSSR count). The third-order valence-electron chi connectivity index (χ3n) is 3.13. The number of aliphatic carboxylic acids is 1. The van der Waals surface area contributed by atoms with Crippen molar-refractivity contribution in [1.29, 1.82) is 0 Å². The molecule has 0 saturated carbocycles. The molecule has 2 aromatic rings. The third-order valence-corrected chi connectivity index (χ3v) is 3.73. The van der Waals surface area contributed by atoms with Crippen molar-refractivity contribution in [3.05, 3.63) is 69.7 Å². The number of carboxylic acids is 1. The number of rotatable bonds is 6. The van der Waals surface area contributed by atoms with Crippen molar-refractivity contribution in [1.82, 2.24) is 5.32 Å². The number of carbonyl (C=O) groups is 1. The number of halogens is 2. The van der Waals surface area contributed by atoms with Gasteiger partial charge in [0.25, 0.3) is 0 Å². The molecule has 0 aromatic heterocycles. The number of nitrogens with one attached hydrogen (secondary N) is 1. The Balaban J connectivity index is 2.03. The van der Waals surface area contributed by atoms with Crippen LogP contribution in [-0.4, -0.2) is 17.1 Å². The molecule has 5 heteroatoms. The Hall–Kier alpha value is -1.55. The molecule has 2 N–H and O–H groups in total. The van der Waals surface area contributed by atoms with Gasteiger partial charge in [-0.05, 0) is 35.7 Å². The summed E-state index contributed by atoms with van der Waals surface area (Å²) < 4.78 is 0. The van der Waals surface area contributed by atoms with Gasteiger partial charge in [-0.3, -0.25) is 10.1 Å². The van der Waals surface area contributed by atoms with Gasteiger partial charge < -0.3 is 5.11 Å². The number of carboxylic acid groups (broad SMARTS) is 1. The number of hydrogen-bond donors (Lipinski definition) is 2. The van der Waals surface area contributed by atoms with Crippen LogP contribution in [0.15, 0.2) is 48.5 Å². The minimum Gasteiger partial charge on any atom is -0.480 e. The molecule has 0 fully saturated rings. The molecule has 3 nitrogen and oxygen atoms in total. The van der Waals surface area contributed by atoms with E-state index in [1.165, 1.54) is 0 Å². The Bertz CT molecular complexity index is 617. The van der Waals surface area contributed by atoms with Gasteiger partial charge in [0.1, 0.15) is 6.04 Å². The van der Waals surface area contributed by atoms with Crippen molar-refractivity contribution in [2.24, 2.45) is 0 Å². The van der Waals surface area contributed by atoms with E-state index >= 15 is 0 Å². The van der Waals surface area contributed by atoms with E-state index in [4.69, 9.17) is 23.2 Å². The molecule has 0 spiro atoms. The minimum absolute atomic E-state index is 0.350. The average molecular weight is 324 g/mol. The van der Waals surface area contributed by atoms with E-state index in [0.29, 0.717) is 23.0 Å². The summed E-state index contributed by atoms with van der Waals surface area (Å²) in [4.78, 5) is 11.4. The molecule has 21 heavy (non-hydrogen) atoms. The van der Waals surface area contributed by atoms with Gasteiger partial charge in [-0.1, -0.05) is 53.5 Å². The standard InChI is InChI=1S/C16H15Cl2NO2/c17-13-6-7-14(18)12(9-13)10-19-15(16(20)21)8-11-4-2-1-3-5-11/h1-7,9,15,19H,8,10H2,(H,20,21)/t15-/m1/s1.